The van der Waals surface area contributed by atoms with Crippen LogP contribution in [0.4, 0.5) is 0 Å². The summed E-state index contributed by atoms with van der Waals surface area (Å²) >= 11 is 1.38. The van der Waals surface area contributed by atoms with Crippen LogP contribution in [0.5, 0.6) is 0 Å². The van der Waals surface area contributed by atoms with Gasteiger partial charge in [-0.2, -0.15) is 0 Å². The zero-order chi connectivity index (χ0) is 14.3. The first-order chi connectivity index (χ1) is 9.04. The Bertz CT molecular complexity index is 395. The summed E-state index contributed by atoms with van der Waals surface area (Å²) in [5.74, 6) is 0.309. The molecule has 1 heterocycles. The first-order valence-corrected chi connectivity index (χ1v) is 7.45. The summed E-state index contributed by atoms with van der Waals surface area (Å²) < 4.78 is 1.94. The minimum atomic E-state index is -0.0197. The molecule has 1 unspecified atom stereocenters. The molecule has 6 nitrogen and oxygen atoms in total. The first-order valence-electron chi connectivity index (χ1n) is 6.47. The van der Waals surface area contributed by atoms with Crippen LogP contribution in [0.25, 0.3) is 0 Å². The average Bonchev–Trinajstić information content (AvgIpc) is 2.82. The highest BCUT2D eigenvalue weighted by atomic mass is 32.2. The third-order valence-corrected chi connectivity index (χ3v) is 3.59. The van der Waals surface area contributed by atoms with Crippen molar-refractivity contribution < 1.29 is 9.90 Å². The molecule has 0 aliphatic carbocycles. The molecule has 1 amide bonds. The van der Waals surface area contributed by atoms with Gasteiger partial charge in [-0.3, -0.25) is 4.79 Å². The number of hydrogen-bond donors (Lipinski definition) is 2. The molecule has 0 saturated heterocycles. The Hall–Kier alpha value is -1.08. The lowest BCUT2D eigenvalue weighted by atomic mass is 10.2. The Labute approximate surface area is 118 Å². The predicted molar refractivity (Wildman–Crippen MR) is 75.1 cm³/mol. The second kappa shape index (κ2) is 8.16. The van der Waals surface area contributed by atoms with Gasteiger partial charge in [0, 0.05) is 18.7 Å². The number of aliphatic hydroxyl groups excluding tert-OH is 1. The number of nitrogens with one attached hydrogen (secondary N) is 1. The minimum Gasteiger partial charge on any atom is -0.396 e. The predicted octanol–water partition coefficient (Wildman–Crippen LogP) is 1.23. The quantitative estimate of drug-likeness (QED) is 0.703. The van der Waals surface area contributed by atoms with Crippen molar-refractivity contribution in [1.29, 1.82) is 0 Å². The number of carbonyl (C=O) groups is 1. The van der Waals surface area contributed by atoms with Gasteiger partial charge in [0.1, 0.15) is 6.33 Å². The zero-order valence-corrected chi connectivity index (χ0v) is 12.5. The number of aliphatic hydroxyl groups is 1. The molecule has 0 aliphatic rings. The number of thioether (sulfide) groups is 1. The van der Waals surface area contributed by atoms with E-state index in [1.165, 1.54) is 11.8 Å². The van der Waals surface area contributed by atoms with Gasteiger partial charge in [-0.05, 0) is 33.6 Å². The lowest BCUT2D eigenvalue weighted by Crippen LogP contribution is -2.34. The van der Waals surface area contributed by atoms with Crippen LogP contribution in [0.1, 0.15) is 39.7 Å². The van der Waals surface area contributed by atoms with Gasteiger partial charge >= 0.3 is 0 Å². The minimum absolute atomic E-state index is 0.0197. The Balaban J connectivity index is 2.35. The van der Waals surface area contributed by atoms with E-state index in [4.69, 9.17) is 5.11 Å². The normalized spacial score (nSPS) is 12.7. The molecule has 1 aromatic heterocycles. The smallest absolute Gasteiger partial charge is 0.230 e. The van der Waals surface area contributed by atoms with Gasteiger partial charge in [-0.15, -0.1) is 10.2 Å². The molecular weight excluding hydrogens is 264 g/mol. The summed E-state index contributed by atoms with van der Waals surface area (Å²) in [5.41, 5.74) is 0. The van der Waals surface area contributed by atoms with E-state index in [0.29, 0.717) is 12.2 Å². The summed E-state index contributed by atoms with van der Waals surface area (Å²) in [5, 5.41) is 20.2. The molecule has 0 fully saturated rings. The summed E-state index contributed by atoms with van der Waals surface area (Å²) in [6, 6.07) is 0.368. The van der Waals surface area contributed by atoms with E-state index in [-0.39, 0.29) is 24.6 Å². The third kappa shape index (κ3) is 5.61. The molecule has 0 spiro atoms. The fourth-order valence-corrected chi connectivity index (χ4v) is 2.46. The van der Waals surface area contributed by atoms with Crippen LogP contribution in [0, 0.1) is 0 Å². The van der Waals surface area contributed by atoms with Crippen LogP contribution in [0.2, 0.25) is 0 Å². The van der Waals surface area contributed by atoms with E-state index in [2.05, 4.69) is 15.5 Å². The molecule has 1 aromatic rings. The summed E-state index contributed by atoms with van der Waals surface area (Å²) in [6.07, 6.45) is 3.17. The lowest BCUT2D eigenvalue weighted by molar-refractivity contribution is -0.119. The summed E-state index contributed by atoms with van der Waals surface area (Å²) in [7, 11) is 0. The largest absolute Gasteiger partial charge is 0.396 e. The van der Waals surface area contributed by atoms with Crippen molar-refractivity contribution in [2.45, 2.75) is 50.9 Å². The van der Waals surface area contributed by atoms with Crippen molar-refractivity contribution in [3.63, 3.8) is 0 Å². The van der Waals surface area contributed by atoms with Crippen molar-refractivity contribution in [3.05, 3.63) is 6.33 Å². The highest BCUT2D eigenvalue weighted by Crippen LogP contribution is 2.18. The Morgan fingerprint density at radius 2 is 2.26 bits per heavy atom. The highest BCUT2D eigenvalue weighted by Gasteiger charge is 2.12. The molecule has 0 bridgehead atoms. The van der Waals surface area contributed by atoms with E-state index < -0.39 is 0 Å². The number of hydrogen-bond acceptors (Lipinski definition) is 5. The molecular formula is C12H22N4O2S. The van der Waals surface area contributed by atoms with Gasteiger partial charge in [0.2, 0.25) is 5.91 Å². The molecule has 0 aliphatic heterocycles. The topological polar surface area (TPSA) is 80.0 Å². The maximum atomic E-state index is 11.7. The molecule has 19 heavy (non-hydrogen) atoms. The molecule has 108 valence electrons. The van der Waals surface area contributed by atoms with Gasteiger partial charge in [0.15, 0.2) is 5.16 Å². The third-order valence-electron chi connectivity index (χ3n) is 2.63. The van der Waals surface area contributed by atoms with Gasteiger partial charge in [0.25, 0.3) is 0 Å². The van der Waals surface area contributed by atoms with Crippen LogP contribution in [0.3, 0.4) is 0 Å². The molecule has 0 radical (unpaired) electrons. The van der Waals surface area contributed by atoms with Gasteiger partial charge in [-0.25, -0.2) is 0 Å². The van der Waals surface area contributed by atoms with Gasteiger partial charge in [0.05, 0.1) is 5.75 Å². The number of amides is 1. The molecule has 7 heteroatoms. The van der Waals surface area contributed by atoms with Crippen LogP contribution < -0.4 is 5.32 Å². The zero-order valence-electron chi connectivity index (χ0n) is 11.7. The molecule has 1 rings (SSSR count). The fourth-order valence-electron chi connectivity index (χ4n) is 1.61. The van der Waals surface area contributed by atoms with Crippen molar-refractivity contribution in [3.8, 4) is 0 Å². The maximum absolute atomic E-state index is 11.7. The summed E-state index contributed by atoms with van der Waals surface area (Å²) in [6.45, 7) is 6.19. The summed E-state index contributed by atoms with van der Waals surface area (Å²) in [4.78, 5) is 11.7. The SMILES string of the molecule is CC(CCCO)NC(=O)CSc1nncn1C(C)C. The Kier molecular flexibility index (Phi) is 6.86. The number of carbonyl (C=O) groups excluding carboxylic acids is 1. The van der Waals surface area contributed by atoms with Crippen molar-refractivity contribution in [1.82, 2.24) is 20.1 Å². The number of nitrogens with zero attached hydrogens (tertiary/aromatic N) is 3. The van der Waals surface area contributed by atoms with Crippen LogP contribution in [-0.4, -0.2) is 44.2 Å². The molecule has 2 N–H and O–H groups in total. The monoisotopic (exact) mass is 286 g/mol. The van der Waals surface area contributed by atoms with E-state index in [9.17, 15) is 4.79 Å². The van der Waals surface area contributed by atoms with Crippen LogP contribution in [-0.2, 0) is 4.79 Å². The van der Waals surface area contributed by atoms with E-state index >= 15 is 0 Å². The van der Waals surface area contributed by atoms with Crippen LogP contribution in [0.15, 0.2) is 11.5 Å². The van der Waals surface area contributed by atoms with Crippen molar-refractivity contribution in [2.75, 3.05) is 12.4 Å². The van der Waals surface area contributed by atoms with Gasteiger partial charge in [-0.1, -0.05) is 11.8 Å². The average molecular weight is 286 g/mol. The Morgan fingerprint density at radius 3 is 2.89 bits per heavy atom. The first kappa shape index (κ1) is 16.0. The number of aromatic nitrogens is 3. The van der Waals surface area contributed by atoms with Crippen LogP contribution >= 0.6 is 11.8 Å². The Morgan fingerprint density at radius 1 is 1.53 bits per heavy atom. The molecule has 0 saturated carbocycles. The van der Waals surface area contributed by atoms with Crippen molar-refractivity contribution >= 4 is 17.7 Å². The standard InChI is InChI=1S/C12H22N4O2S/c1-9(2)16-8-13-15-12(16)19-7-11(18)14-10(3)5-4-6-17/h8-10,17H,4-7H2,1-3H3,(H,14,18). The second-order valence-electron chi connectivity index (χ2n) is 4.74. The number of rotatable bonds is 8. The lowest BCUT2D eigenvalue weighted by Gasteiger charge is -2.13. The van der Waals surface area contributed by atoms with Gasteiger partial charge < -0.3 is 15.0 Å². The molecule has 0 aromatic carbocycles. The fraction of sp³-hybridized carbons (Fsp3) is 0.750. The highest BCUT2D eigenvalue weighted by molar-refractivity contribution is 7.99. The molecule has 1 atom stereocenters. The van der Waals surface area contributed by atoms with Crippen molar-refractivity contribution in [2.24, 2.45) is 0 Å². The van der Waals surface area contributed by atoms with E-state index in [1.54, 1.807) is 6.33 Å². The second-order valence-corrected chi connectivity index (χ2v) is 5.68. The van der Waals surface area contributed by atoms with E-state index in [1.807, 2.05) is 25.3 Å². The maximum Gasteiger partial charge on any atom is 0.230 e. The van der Waals surface area contributed by atoms with E-state index in [0.717, 1.165) is 11.6 Å².